The number of ether oxygens (including phenoxy) is 1. The van der Waals surface area contributed by atoms with E-state index < -0.39 is 0 Å². The Balaban J connectivity index is 2.22. The molecule has 0 spiro atoms. The van der Waals surface area contributed by atoms with Crippen LogP contribution in [0.5, 0.6) is 0 Å². The standard InChI is InChI=1S/C10H16O/c1-3-5-9-7-8-10(11-9)6-4-2/h3-4,9-10H,1-2,5-8H2. The van der Waals surface area contributed by atoms with E-state index in [1.807, 2.05) is 12.2 Å². The third-order valence-corrected chi connectivity index (χ3v) is 2.05. The Hall–Kier alpha value is -0.560. The van der Waals surface area contributed by atoms with E-state index in [0.717, 1.165) is 12.8 Å². The molecule has 0 bridgehead atoms. The van der Waals surface area contributed by atoms with Gasteiger partial charge in [-0.15, -0.1) is 13.2 Å². The van der Waals surface area contributed by atoms with E-state index in [4.69, 9.17) is 4.74 Å². The largest absolute Gasteiger partial charge is 0.374 e. The van der Waals surface area contributed by atoms with Crippen LogP contribution in [0.25, 0.3) is 0 Å². The summed E-state index contributed by atoms with van der Waals surface area (Å²) in [6, 6.07) is 0. The summed E-state index contributed by atoms with van der Waals surface area (Å²) in [5.41, 5.74) is 0. The summed E-state index contributed by atoms with van der Waals surface area (Å²) in [4.78, 5) is 0. The molecule has 1 aliphatic heterocycles. The highest BCUT2D eigenvalue weighted by atomic mass is 16.5. The van der Waals surface area contributed by atoms with Crippen LogP contribution in [0.4, 0.5) is 0 Å². The lowest BCUT2D eigenvalue weighted by atomic mass is 10.1. The molecular formula is C10H16O. The van der Waals surface area contributed by atoms with Crippen molar-refractivity contribution in [2.75, 3.05) is 0 Å². The molecule has 2 unspecified atom stereocenters. The molecule has 1 rings (SSSR count). The molecule has 2 atom stereocenters. The zero-order chi connectivity index (χ0) is 8.10. The minimum atomic E-state index is 0.428. The first-order valence-electron chi connectivity index (χ1n) is 4.24. The Kier molecular flexibility index (Phi) is 3.37. The second kappa shape index (κ2) is 4.35. The molecule has 0 radical (unpaired) electrons. The first-order chi connectivity index (χ1) is 5.36. The third kappa shape index (κ3) is 2.51. The molecule has 0 aromatic rings. The first-order valence-corrected chi connectivity index (χ1v) is 4.24. The molecule has 62 valence electrons. The molecule has 1 fully saturated rings. The predicted octanol–water partition coefficient (Wildman–Crippen LogP) is 2.69. The Morgan fingerprint density at radius 2 is 1.55 bits per heavy atom. The Labute approximate surface area is 68.8 Å². The smallest absolute Gasteiger partial charge is 0.0614 e. The van der Waals surface area contributed by atoms with E-state index in [-0.39, 0.29) is 0 Å². The summed E-state index contributed by atoms with van der Waals surface area (Å²) >= 11 is 0. The quantitative estimate of drug-likeness (QED) is 0.563. The van der Waals surface area contributed by atoms with Gasteiger partial charge >= 0.3 is 0 Å². The Morgan fingerprint density at radius 1 is 1.09 bits per heavy atom. The Bertz CT molecular complexity index is 124. The monoisotopic (exact) mass is 152 g/mol. The van der Waals surface area contributed by atoms with Crippen LogP contribution in [-0.4, -0.2) is 12.2 Å². The topological polar surface area (TPSA) is 9.23 Å². The van der Waals surface area contributed by atoms with Crippen LogP contribution >= 0.6 is 0 Å². The predicted molar refractivity (Wildman–Crippen MR) is 47.5 cm³/mol. The third-order valence-electron chi connectivity index (χ3n) is 2.05. The van der Waals surface area contributed by atoms with Gasteiger partial charge in [-0.1, -0.05) is 12.2 Å². The summed E-state index contributed by atoms with van der Waals surface area (Å²) in [7, 11) is 0. The van der Waals surface area contributed by atoms with Crippen LogP contribution in [0.3, 0.4) is 0 Å². The molecule has 0 N–H and O–H groups in total. The maximum absolute atomic E-state index is 5.70. The molecular weight excluding hydrogens is 136 g/mol. The fourth-order valence-corrected chi connectivity index (χ4v) is 1.50. The van der Waals surface area contributed by atoms with Gasteiger partial charge in [0.05, 0.1) is 12.2 Å². The van der Waals surface area contributed by atoms with Crippen molar-refractivity contribution in [1.82, 2.24) is 0 Å². The lowest BCUT2D eigenvalue weighted by molar-refractivity contribution is 0.0491. The van der Waals surface area contributed by atoms with Gasteiger partial charge in [0.25, 0.3) is 0 Å². The van der Waals surface area contributed by atoms with Crippen molar-refractivity contribution in [3.63, 3.8) is 0 Å². The maximum atomic E-state index is 5.70. The normalized spacial score (nSPS) is 30.2. The Morgan fingerprint density at radius 3 is 1.91 bits per heavy atom. The average Bonchev–Trinajstić information content (AvgIpc) is 2.38. The average molecular weight is 152 g/mol. The van der Waals surface area contributed by atoms with E-state index in [0.29, 0.717) is 12.2 Å². The summed E-state index contributed by atoms with van der Waals surface area (Å²) in [6.45, 7) is 7.39. The molecule has 0 aromatic carbocycles. The van der Waals surface area contributed by atoms with Gasteiger partial charge in [-0.2, -0.15) is 0 Å². The van der Waals surface area contributed by atoms with Crippen molar-refractivity contribution in [3.8, 4) is 0 Å². The van der Waals surface area contributed by atoms with Crippen molar-refractivity contribution < 1.29 is 4.74 Å². The molecule has 1 heteroatoms. The van der Waals surface area contributed by atoms with Crippen molar-refractivity contribution in [2.45, 2.75) is 37.9 Å². The van der Waals surface area contributed by atoms with Gasteiger partial charge in [0.2, 0.25) is 0 Å². The minimum Gasteiger partial charge on any atom is -0.374 e. The zero-order valence-electron chi connectivity index (χ0n) is 6.96. The first kappa shape index (κ1) is 8.54. The van der Waals surface area contributed by atoms with E-state index in [1.165, 1.54) is 12.8 Å². The molecule has 0 amide bonds. The summed E-state index contributed by atoms with van der Waals surface area (Å²) in [5.74, 6) is 0. The minimum absolute atomic E-state index is 0.428. The van der Waals surface area contributed by atoms with Crippen LogP contribution in [0.15, 0.2) is 25.3 Å². The molecule has 11 heavy (non-hydrogen) atoms. The van der Waals surface area contributed by atoms with Gasteiger partial charge in [-0.25, -0.2) is 0 Å². The molecule has 0 saturated carbocycles. The second-order valence-electron chi connectivity index (χ2n) is 3.01. The second-order valence-corrected chi connectivity index (χ2v) is 3.01. The van der Waals surface area contributed by atoms with E-state index in [2.05, 4.69) is 13.2 Å². The SMILES string of the molecule is C=CCC1CCC(CC=C)O1. The molecule has 1 saturated heterocycles. The zero-order valence-corrected chi connectivity index (χ0v) is 6.96. The van der Waals surface area contributed by atoms with E-state index in [9.17, 15) is 0 Å². The van der Waals surface area contributed by atoms with Crippen molar-refractivity contribution >= 4 is 0 Å². The molecule has 1 aliphatic rings. The van der Waals surface area contributed by atoms with Crippen LogP contribution in [-0.2, 0) is 4.74 Å². The molecule has 0 aromatic heterocycles. The number of hydrogen-bond acceptors (Lipinski definition) is 1. The maximum Gasteiger partial charge on any atom is 0.0614 e. The summed E-state index contributed by atoms with van der Waals surface area (Å²) in [6.07, 6.45) is 9.08. The van der Waals surface area contributed by atoms with Gasteiger partial charge in [0, 0.05) is 0 Å². The summed E-state index contributed by atoms with van der Waals surface area (Å²) in [5, 5.41) is 0. The van der Waals surface area contributed by atoms with Gasteiger partial charge in [-0.05, 0) is 25.7 Å². The van der Waals surface area contributed by atoms with Gasteiger partial charge < -0.3 is 4.74 Å². The van der Waals surface area contributed by atoms with Crippen LogP contribution in [0.2, 0.25) is 0 Å². The van der Waals surface area contributed by atoms with E-state index in [1.54, 1.807) is 0 Å². The highest BCUT2D eigenvalue weighted by Crippen LogP contribution is 2.24. The van der Waals surface area contributed by atoms with Crippen LogP contribution in [0.1, 0.15) is 25.7 Å². The number of hydrogen-bond donors (Lipinski definition) is 0. The molecule has 0 aliphatic carbocycles. The van der Waals surface area contributed by atoms with Crippen molar-refractivity contribution in [1.29, 1.82) is 0 Å². The van der Waals surface area contributed by atoms with Crippen molar-refractivity contribution in [2.24, 2.45) is 0 Å². The lowest BCUT2D eigenvalue weighted by Gasteiger charge is -2.09. The highest BCUT2D eigenvalue weighted by Gasteiger charge is 2.22. The molecule has 1 nitrogen and oxygen atoms in total. The van der Waals surface area contributed by atoms with Crippen LogP contribution in [0, 0.1) is 0 Å². The van der Waals surface area contributed by atoms with Gasteiger partial charge in [-0.3, -0.25) is 0 Å². The fraction of sp³-hybridized carbons (Fsp3) is 0.600. The van der Waals surface area contributed by atoms with Gasteiger partial charge in [0.1, 0.15) is 0 Å². The van der Waals surface area contributed by atoms with Crippen molar-refractivity contribution in [3.05, 3.63) is 25.3 Å². The number of rotatable bonds is 4. The highest BCUT2D eigenvalue weighted by molar-refractivity contribution is 4.83. The van der Waals surface area contributed by atoms with E-state index >= 15 is 0 Å². The van der Waals surface area contributed by atoms with Gasteiger partial charge in [0.15, 0.2) is 0 Å². The molecule has 1 heterocycles. The van der Waals surface area contributed by atoms with Crippen LogP contribution < -0.4 is 0 Å². The lowest BCUT2D eigenvalue weighted by Crippen LogP contribution is -2.08. The summed E-state index contributed by atoms with van der Waals surface area (Å²) < 4.78 is 5.70. The fourth-order valence-electron chi connectivity index (χ4n) is 1.50.